The summed E-state index contributed by atoms with van der Waals surface area (Å²) in [6, 6.07) is 23.7. The van der Waals surface area contributed by atoms with Crippen LogP contribution in [0.15, 0.2) is 72.8 Å². The molecule has 0 saturated carbocycles. The Hall–Kier alpha value is -3.31. The maximum atomic E-state index is 12.8. The van der Waals surface area contributed by atoms with Crippen LogP contribution < -0.4 is 9.64 Å². The van der Waals surface area contributed by atoms with E-state index in [0.29, 0.717) is 24.6 Å². The van der Waals surface area contributed by atoms with E-state index in [9.17, 15) is 4.79 Å². The zero-order chi connectivity index (χ0) is 22.8. The summed E-state index contributed by atoms with van der Waals surface area (Å²) in [5.74, 6) is 2.01. The number of para-hydroxylation sites is 2. The van der Waals surface area contributed by atoms with Gasteiger partial charge >= 0.3 is 0 Å². The molecule has 33 heavy (non-hydrogen) atoms. The van der Waals surface area contributed by atoms with Gasteiger partial charge in [-0.25, -0.2) is 4.98 Å². The minimum Gasteiger partial charge on any atom is -0.494 e. The first-order chi connectivity index (χ1) is 16.1. The van der Waals surface area contributed by atoms with Crippen LogP contribution in [0.4, 0.5) is 5.69 Å². The van der Waals surface area contributed by atoms with Crippen molar-refractivity contribution in [3.63, 3.8) is 0 Å². The molecule has 2 heterocycles. The van der Waals surface area contributed by atoms with E-state index < -0.39 is 0 Å². The molecule has 0 aliphatic carbocycles. The van der Waals surface area contributed by atoms with Crippen LogP contribution in [-0.2, 0) is 11.3 Å². The van der Waals surface area contributed by atoms with Gasteiger partial charge in [0.1, 0.15) is 11.6 Å². The highest BCUT2D eigenvalue weighted by Gasteiger charge is 2.34. The lowest BCUT2D eigenvalue weighted by molar-refractivity contribution is -0.117. The van der Waals surface area contributed by atoms with E-state index in [0.717, 1.165) is 41.3 Å². The average Bonchev–Trinajstić information content (AvgIpc) is 3.39. The number of hydrogen-bond donors (Lipinski definition) is 0. The minimum atomic E-state index is 0.0404. The molecule has 1 amide bonds. The summed E-state index contributed by atoms with van der Waals surface area (Å²) in [5, 5.41) is 0.664. The number of ether oxygens (including phenoxy) is 1. The third kappa shape index (κ3) is 4.60. The lowest BCUT2D eigenvalue weighted by Gasteiger charge is -2.17. The number of nitrogens with zero attached hydrogens (tertiary/aromatic N) is 3. The highest BCUT2D eigenvalue weighted by molar-refractivity contribution is 6.30. The van der Waals surface area contributed by atoms with Crippen molar-refractivity contribution >= 4 is 34.2 Å². The van der Waals surface area contributed by atoms with Crippen LogP contribution >= 0.6 is 11.6 Å². The number of halogens is 1. The number of imidazole rings is 1. The minimum absolute atomic E-state index is 0.0404. The van der Waals surface area contributed by atoms with E-state index in [1.165, 1.54) is 5.56 Å². The molecule has 0 radical (unpaired) electrons. The molecule has 0 spiro atoms. The molecule has 0 bridgehead atoms. The molecule has 1 saturated heterocycles. The summed E-state index contributed by atoms with van der Waals surface area (Å²) in [6.07, 6.45) is 1.30. The van der Waals surface area contributed by atoms with Crippen LogP contribution in [0, 0.1) is 6.92 Å². The van der Waals surface area contributed by atoms with Gasteiger partial charge in [-0.3, -0.25) is 4.79 Å². The molecular formula is C27H26ClN3O2. The summed E-state index contributed by atoms with van der Waals surface area (Å²) < 4.78 is 8.19. The number of rotatable bonds is 7. The number of carbonyl (C=O) groups is 1. The zero-order valence-corrected chi connectivity index (χ0v) is 19.3. The molecule has 4 aromatic rings. The van der Waals surface area contributed by atoms with Gasteiger partial charge in [0.2, 0.25) is 5.91 Å². The summed E-state index contributed by atoms with van der Waals surface area (Å²) in [7, 11) is 0. The molecule has 0 N–H and O–H groups in total. The first-order valence-corrected chi connectivity index (χ1v) is 11.7. The molecule has 5 nitrogen and oxygen atoms in total. The fourth-order valence-electron chi connectivity index (χ4n) is 4.44. The lowest BCUT2D eigenvalue weighted by atomic mass is 10.1. The van der Waals surface area contributed by atoms with E-state index in [1.54, 1.807) is 0 Å². The van der Waals surface area contributed by atoms with E-state index in [-0.39, 0.29) is 11.8 Å². The molecule has 168 valence electrons. The predicted molar refractivity (Wildman–Crippen MR) is 132 cm³/mol. The number of fused-ring (bicyclic) bond motifs is 1. The second-order valence-corrected chi connectivity index (χ2v) is 8.94. The Morgan fingerprint density at radius 1 is 1.03 bits per heavy atom. The lowest BCUT2D eigenvalue weighted by Crippen LogP contribution is -2.24. The standard InChI is InChI=1S/C27H26ClN3O2/c1-19-7-13-23(14-8-19)33-16-4-15-30-25-6-3-2-5-24(25)29-27(30)20-17-26(32)31(18-20)22-11-9-21(28)10-12-22/h2-3,5-14,20H,4,15-18H2,1H3. The second-order valence-electron chi connectivity index (χ2n) is 8.51. The summed E-state index contributed by atoms with van der Waals surface area (Å²) in [5.41, 5.74) is 4.15. The maximum absolute atomic E-state index is 12.8. The molecule has 6 heteroatoms. The van der Waals surface area contributed by atoms with Crippen LogP contribution in [0.3, 0.4) is 0 Å². The number of aryl methyl sites for hydroxylation is 2. The number of benzene rings is 3. The number of hydrogen-bond acceptors (Lipinski definition) is 3. The van der Waals surface area contributed by atoms with Crippen molar-refractivity contribution in [3.05, 3.63) is 89.2 Å². The topological polar surface area (TPSA) is 47.4 Å². The van der Waals surface area contributed by atoms with Crippen LogP contribution in [-0.4, -0.2) is 28.6 Å². The van der Waals surface area contributed by atoms with E-state index in [4.69, 9.17) is 21.3 Å². The van der Waals surface area contributed by atoms with Crippen molar-refractivity contribution in [2.75, 3.05) is 18.1 Å². The molecule has 1 aliphatic rings. The van der Waals surface area contributed by atoms with Gasteiger partial charge in [-0.05, 0) is 61.9 Å². The zero-order valence-electron chi connectivity index (χ0n) is 18.6. The Labute approximate surface area is 198 Å². The van der Waals surface area contributed by atoms with E-state index in [1.807, 2.05) is 59.5 Å². The smallest absolute Gasteiger partial charge is 0.227 e. The van der Waals surface area contributed by atoms with Crippen LogP contribution in [0.2, 0.25) is 5.02 Å². The van der Waals surface area contributed by atoms with Gasteiger partial charge in [-0.15, -0.1) is 0 Å². The van der Waals surface area contributed by atoms with Gasteiger partial charge in [-0.2, -0.15) is 0 Å². The third-order valence-electron chi connectivity index (χ3n) is 6.13. The van der Waals surface area contributed by atoms with Gasteiger partial charge in [0, 0.05) is 36.1 Å². The van der Waals surface area contributed by atoms with Crippen molar-refractivity contribution < 1.29 is 9.53 Å². The normalized spacial score (nSPS) is 16.0. The molecule has 1 fully saturated rings. The predicted octanol–water partition coefficient (Wildman–Crippen LogP) is 5.99. The van der Waals surface area contributed by atoms with Gasteiger partial charge < -0.3 is 14.2 Å². The summed E-state index contributed by atoms with van der Waals surface area (Å²) >= 11 is 6.02. The molecule has 1 atom stereocenters. The largest absolute Gasteiger partial charge is 0.494 e. The number of anilines is 1. The summed E-state index contributed by atoms with van der Waals surface area (Å²) in [4.78, 5) is 19.6. The molecular weight excluding hydrogens is 434 g/mol. The van der Waals surface area contributed by atoms with Crippen molar-refractivity contribution in [1.82, 2.24) is 9.55 Å². The molecule has 1 aliphatic heterocycles. The number of amides is 1. The fraction of sp³-hybridized carbons (Fsp3) is 0.259. The molecule has 3 aromatic carbocycles. The Morgan fingerprint density at radius 2 is 1.79 bits per heavy atom. The number of aromatic nitrogens is 2. The van der Waals surface area contributed by atoms with Crippen LogP contribution in [0.25, 0.3) is 11.0 Å². The fourth-order valence-corrected chi connectivity index (χ4v) is 4.57. The Kier molecular flexibility index (Phi) is 6.05. The van der Waals surface area contributed by atoms with E-state index in [2.05, 4.69) is 29.7 Å². The van der Waals surface area contributed by atoms with Gasteiger partial charge in [0.05, 0.1) is 17.6 Å². The molecule has 1 unspecified atom stereocenters. The van der Waals surface area contributed by atoms with Crippen molar-refractivity contribution in [2.45, 2.75) is 32.2 Å². The van der Waals surface area contributed by atoms with Crippen molar-refractivity contribution in [2.24, 2.45) is 0 Å². The van der Waals surface area contributed by atoms with Crippen molar-refractivity contribution in [3.8, 4) is 5.75 Å². The van der Waals surface area contributed by atoms with E-state index >= 15 is 0 Å². The summed E-state index contributed by atoms with van der Waals surface area (Å²) in [6.45, 7) is 4.09. The first-order valence-electron chi connectivity index (χ1n) is 11.3. The van der Waals surface area contributed by atoms with Crippen molar-refractivity contribution in [1.29, 1.82) is 0 Å². The number of carbonyl (C=O) groups excluding carboxylic acids is 1. The molecule has 5 rings (SSSR count). The van der Waals surface area contributed by atoms with Gasteiger partial charge in [-0.1, -0.05) is 41.4 Å². The van der Waals surface area contributed by atoms with Gasteiger partial charge in [0.25, 0.3) is 0 Å². The second kappa shape index (κ2) is 9.28. The van der Waals surface area contributed by atoms with Crippen LogP contribution in [0.1, 0.15) is 30.1 Å². The highest BCUT2D eigenvalue weighted by atomic mass is 35.5. The quantitative estimate of drug-likeness (QED) is 0.319. The molecule has 1 aromatic heterocycles. The Balaban J connectivity index is 1.34. The first kappa shape index (κ1) is 21.5. The Bertz CT molecular complexity index is 1270. The average molecular weight is 460 g/mol. The monoisotopic (exact) mass is 459 g/mol. The SMILES string of the molecule is Cc1ccc(OCCCn2c(C3CC(=O)N(c4ccc(Cl)cc4)C3)nc3ccccc32)cc1. The van der Waals surface area contributed by atoms with Gasteiger partial charge in [0.15, 0.2) is 0 Å². The maximum Gasteiger partial charge on any atom is 0.227 e. The Morgan fingerprint density at radius 3 is 2.58 bits per heavy atom. The van der Waals surface area contributed by atoms with Crippen LogP contribution in [0.5, 0.6) is 5.75 Å². The highest BCUT2D eigenvalue weighted by Crippen LogP contribution is 2.33. The third-order valence-corrected chi connectivity index (χ3v) is 6.38.